The molecule has 28 heavy (non-hydrogen) atoms. The number of aromatic nitrogens is 2. The summed E-state index contributed by atoms with van der Waals surface area (Å²) in [5.74, 6) is -0.951. The van der Waals surface area contributed by atoms with E-state index in [9.17, 15) is 15.0 Å². The SMILES string of the molecule is CCCCCCCCCCCCOCC(O)CN[C@@H](Cc1cnc[nH]1)C(=O)O. The molecule has 1 rings (SSSR count). The van der Waals surface area contributed by atoms with Crippen LogP contribution in [0, 0.1) is 0 Å². The van der Waals surface area contributed by atoms with E-state index in [0.29, 0.717) is 13.0 Å². The summed E-state index contributed by atoms with van der Waals surface area (Å²) in [6.07, 6.45) is 15.5. The minimum absolute atomic E-state index is 0.184. The fourth-order valence-corrected chi connectivity index (χ4v) is 3.11. The molecule has 2 atom stereocenters. The van der Waals surface area contributed by atoms with Gasteiger partial charge in [0.2, 0.25) is 0 Å². The summed E-state index contributed by atoms with van der Waals surface area (Å²) in [6, 6.07) is -0.767. The summed E-state index contributed by atoms with van der Waals surface area (Å²) in [5.41, 5.74) is 0.742. The lowest BCUT2D eigenvalue weighted by Crippen LogP contribution is -2.43. The van der Waals surface area contributed by atoms with Gasteiger partial charge in [0.25, 0.3) is 0 Å². The van der Waals surface area contributed by atoms with Crippen LogP contribution in [-0.2, 0) is 16.0 Å². The normalized spacial score (nSPS) is 13.5. The average molecular weight is 398 g/mol. The molecule has 0 spiro atoms. The lowest BCUT2D eigenvalue weighted by molar-refractivity contribution is -0.139. The number of nitrogens with zero attached hydrogens (tertiary/aromatic N) is 1. The Morgan fingerprint density at radius 3 is 2.36 bits per heavy atom. The van der Waals surface area contributed by atoms with Crippen molar-refractivity contribution in [2.75, 3.05) is 19.8 Å². The quantitative estimate of drug-likeness (QED) is 0.267. The molecular formula is C21H39N3O4. The van der Waals surface area contributed by atoms with Crippen molar-refractivity contribution in [3.8, 4) is 0 Å². The molecule has 0 aliphatic rings. The van der Waals surface area contributed by atoms with Crippen molar-refractivity contribution in [2.45, 2.75) is 89.7 Å². The molecule has 0 bridgehead atoms. The van der Waals surface area contributed by atoms with Crippen molar-refractivity contribution in [3.63, 3.8) is 0 Å². The van der Waals surface area contributed by atoms with E-state index in [1.54, 1.807) is 6.20 Å². The van der Waals surface area contributed by atoms with Gasteiger partial charge in [0.15, 0.2) is 0 Å². The van der Waals surface area contributed by atoms with Gasteiger partial charge in [-0.3, -0.25) is 4.79 Å². The van der Waals surface area contributed by atoms with Gasteiger partial charge in [-0.2, -0.15) is 0 Å². The standard InChI is InChI=1S/C21H39N3O4/c1-2-3-4-5-6-7-8-9-10-11-12-28-16-19(25)15-23-20(21(26)27)13-18-14-22-17-24-18/h14,17,19-20,23,25H,2-13,15-16H2,1H3,(H,22,24)(H,26,27)/t19?,20-/m0/s1. The molecule has 162 valence electrons. The highest BCUT2D eigenvalue weighted by molar-refractivity contribution is 5.73. The summed E-state index contributed by atoms with van der Waals surface area (Å²) >= 11 is 0. The van der Waals surface area contributed by atoms with Gasteiger partial charge in [-0.1, -0.05) is 64.7 Å². The van der Waals surface area contributed by atoms with E-state index in [-0.39, 0.29) is 13.2 Å². The van der Waals surface area contributed by atoms with E-state index in [4.69, 9.17) is 4.74 Å². The van der Waals surface area contributed by atoms with E-state index in [1.165, 1.54) is 57.7 Å². The molecule has 0 saturated heterocycles. The molecule has 0 saturated carbocycles. The predicted octanol–water partition coefficient (Wildman–Crippen LogP) is 3.29. The van der Waals surface area contributed by atoms with Crippen LogP contribution in [0.5, 0.6) is 0 Å². The predicted molar refractivity (Wildman–Crippen MR) is 110 cm³/mol. The zero-order valence-corrected chi connectivity index (χ0v) is 17.4. The summed E-state index contributed by atoms with van der Waals surface area (Å²) in [7, 11) is 0. The molecule has 0 aliphatic carbocycles. The lowest BCUT2D eigenvalue weighted by atomic mass is 10.1. The third-order valence-electron chi connectivity index (χ3n) is 4.83. The smallest absolute Gasteiger partial charge is 0.321 e. The third kappa shape index (κ3) is 12.9. The number of carboxylic acids is 1. The maximum Gasteiger partial charge on any atom is 0.321 e. The number of unbranched alkanes of at least 4 members (excludes halogenated alkanes) is 9. The van der Waals surface area contributed by atoms with E-state index < -0.39 is 18.1 Å². The van der Waals surface area contributed by atoms with Gasteiger partial charge in [0, 0.05) is 31.5 Å². The molecule has 1 aromatic rings. The third-order valence-corrected chi connectivity index (χ3v) is 4.83. The second-order valence-electron chi connectivity index (χ2n) is 7.49. The zero-order chi connectivity index (χ0) is 20.5. The van der Waals surface area contributed by atoms with Crippen molar-refractivity contribution in [2.24, 2.45) is 0 Å². The molecule has 0 aromatic carbocycles. The van der Waals surface area contributed by atoms with Crippen LogP contribution in [0.15, 0.2) is 12.5 Å². The zero-order valence-electron chi connectivity index (χ0n) is 17.4. The summed E-state index contributed by atoms with van der Waals surface area (Å²) in [4.78, 5) is 18.1. The summed E-state index contributed by atoms with van der Waals surface area (Å²) < 4.78 is 5.51. The number of aliphatic hydroxyl groups excluding tert-OH is 1. The number of aliphatic carboxylic acids is 1. The first-order chi connectivity index (χ1) is 13.6. The van der Waals surface area contributed by atoms with Crippen LogP contribution >= 0.6 is 0 Å². The lowest BCUT2D eigenvalue weighted by Gasteiger charge is -2.17. The van der Waals surface area contributed by atoms with Crippen LogP contribution < -0.4 is 5.32 Å². The van der Waals surface area contributed by atoms with Gasteiger partial charge >= 0.3 is 5.97 Å². The molecule has 0 radical (unpaired) electrons. The first kappa shape index (κ1) is 24.6. The molecular weight excluding hydrogens is 358 g/mol. The van der Waals surface area contributed by atoms with Gasteiger partial charge < -0.3 is 25.3 Å². The van der Waals surface area contributed by atoms with Crippen LogP contribution in [0.4, 0.5) is 0 Å². The highest BCUT2D eigenvalue weighted by Crippen LogP contribution is 2.10. The minimum atomic E-state index is -0.951. The van der Waals surface area contributed by atoms with E-state index in [1.807, 2.05) is 0 Å². The number of imidazole rings is 1. The van der Waals surface area contributed by atoms with Gasteiger partial charge in [-0.05, 0) is 6.42 Å². The molecule has 0 fully saturated rings. The molecule has 1 unspecified atom stereocenters. The number of aromatic amines is 1. The van der Waals surface area contributed by atoms with Gasteiger partial charge in [-0.25, -0.2) is 4.98 Å². The number of hydrogen-bond acceptors (Lipinski definition) is 5. The maximum atomic E-state index is 11.3. The Labute approximate surface area is 169 Å². The van der Waals surface area contributed by atoms with Crippen molar-refractivity contribution < 1.29 is 19.7 Å². The number of aliphatic hydroxyl groups is 1. The Bertz CT molecular complexity index is 482. The van der Waals surface area contributed by atoms with Crippen LogP contribution in [0.2, 0.25) is 0 Å². The van der Waals surface area contributed by atoms with Crippen molar-refractivity contribution >= 4 is 5.97 Å². The Kier molecular flexibility index (Phi) is 14.5. The Hall–Kier alpha value is -1.44. The average Bonchev–Trinajstić information content (AvgIpc) is 3.19. The van der Waals surface area contributed by atoms with Crippen LogP contribution in [0.25, 0.3) is 0 Å². The molecule has 1 heterocycles. The fourth-order valence-electron chi connectivity index (χ4n) is 3.11. The van der Waals surface area contributed by atoms with Gasteiger partial charge in [-0.15, -0.1) is 0 Å². The summed E-state index contributed by atoms with van der Waals surface area (Å²) in [5, 5.41) is 22.1. The highest BCUT2D eigenvalue weighted by Gasteiger charge is 2.19. The van der Waals surface area contributed by atoms with Crippen LogP contribution in [0.3, 0.4) is 0 Å². The fraction of sp³-hybridized carbons (Fsp3) is 0.810. The molecule has 7 nitrogen and oxygen atoms in total. The molecule has 0 aliphatic heterocycles. The van der Waals surface area contributed by atoms with Crippen molar-refractivity contribution in [1.82, 2.24) is 15.3 Å². The number of H-pyrrole nitrogens is 1. The van der Waals surface area contributed by atoms with Crippen LogP contribution in [0.1, 0.15) is 76.8 Å². The maximum absolute atomic E-state index is 11.3. The monoisotopic (exact) mass is 397 g/mol. The first-order valence-corrected chi connectivity index (χ1v) is 10.8. The second kappa shape index (κ2) is 16.5. The topological polar surface area (TPSA) is 107 Å². The highest BCUT2D eigenvalue weighted by atomic mass is 16.5. The Balaban J connectivity index is 1.95. The molecule has 7 heteroatoms. The number of nitrogens with one attached hydrogen (secondary N) is 2. The summed E-state index contributed by atoms with van der Waals surface area (Å²) in [6.45, 7) is 3.29. The van der Waals surface area contributed by atoms with Gasteiger partial charge in [0.1, 0.15) is 6.04 Å². The molecule has 1 aromatic heterocycles. The Morgan fingerprint density at radius 2 is 1.79 bits per heavy atom. The second-order valence-corrected chi connectivity index (χ2v) is 7.49. The molecule has 4 N–H and O–H groups in total. The van der Waals surface area contributed by atoms with Crippen LogP contribution in [-0.4, -0.2) is 58.1 Å². The number of carbonyl (C=O) groups is 1. The van der Waals surface area contributed by atoms with Gasteiger partial charge in [0.05, 0.1) is 19.0 Å². The molecule has 0 amide bonds. The number of carboxylic acid groups (broad SMARTS) is 1. The largest absolute Gasteiger partial charge is 0.480 e. The number of ether oxygens (including phenoxy) is 1. The van der Waals surface area contributed by atoms with Crippen molar-refractivity contribution in [1.29, 1.82) is 0 Å². The number of hydrogen-bond donors (Lipinski definition) is 4. The Morgan fingerprint density at radius 1 is 1.14 bits per heavy atom. The van der Waals surface area contributed by atoms with E-state index >= 15 is 0 Å². The number of rotatable bonds is 19. The van der Waals surface area contributed by atoms with E-state index in [2.05, 4.69) is 22.2 Å². The van der Waals surface area contributed by atoms with Crippen molar-refractivity contribution in [3.05, 3.63) is 18.2 Å². The first-order valence-electron chi connectivity index (χ1n) is 10.8. The van der Waals surface area contributed by atoms with E-state index in [0.717, 1.165) is 18.5 Å². The minimum Gasteiger partial charge on any atom is -0.480 e.